The van der Waals surface area contributed by atoms with Crippen LogP contribution in [0, 0.1) is 0 Å². The van der Waals surface area contributed by atoms with Crippen LogP contribution in [0.5, 0.6) is 0 Å². The molecule has 0 fully saturated rings. The van der Waals surface area contributed by atoms with Gasteiger partial charge in [-0.05, 0) is 59.9 Å². The summed E-state index contributed by atoms with van der Waals surface area (Å²) in [4.78, 5) is 0. The Kier molecular flexibility index (Phi) is 34.0. The van der Waals surface area contributed by atoms with Crippen molar-refractivity contribution in [3.8, 4) is 11.1 Å². The molecule has 1 aliphatic rings. The molecule has 0 aliphatic heterocycles. The Bertz CT molecular complexity index is 2060. The first-order valence-corrected chi connectivity index (χ1v) is 23.6. The van der Waals surface area contributed by atoms with Crippen LogP contribution in [0.4, 0.5) is 0 Å². The van der Waals surface area contributed by atoms with Gasteiger partial charge in [0.2, 0.25) is 0 Å². The largest absolute Gasteiger partial charge is 0.344 e. The SMILES string of the molecule is CC.CC.CC.CC.CC.CC.CCC.CCC.CCn1c2ccccc2c2ccccc21.Cn1c2ccccc2c2ccccc21.c1ccc2c(c1)Cc1ccccc1-2. The Balaban J connectivity index is 0. The van der Waals surface area contributed by atoms with Crippen LogP contribution in [-0.2, 0) is 20.0 Å². The van der Waals surface area contributed by atoms with Crippen LogP contribution in [-0.4, -0.2) is 9.13 Å². The monoisotopic (exact) mass is 811 g/mol. The number of aromatic nitrogens is 2. The van der Waals surface area contributed by atoms with Crippen LogP contribution in [0.1, 0.15) is 142 Å². The van der Waals surface area contributed by atoms with Crippen molar-refractivity contribution in [2.45, 2.75) is 144 Å². The quantitative estimate of drug-likeness (QED) is 0.156. The number of hydrogen-bond acceptors (Lipinski definition) is 0. The predicted octanol–water partition coefficient (Wildman–Crippen LogP) is 19.4. The normalized spacial score (nSPS) is 9.30. The lowest BCUT2D eigenvalue weighted by atomic mass is 10.1. The highest BCUT2D eigenvalue weighted by Crippen LogP contribution is 2.35. The summed E-state index contributed by atoms with van der Waals surface area (Å²) >= 11 is 0. The molecular weight excluding hydrogens is 725 g/mol. The maximum Gasteiger partial charge on any atom is 0.0491 e. The molecule has 0 spiro atoms. The van der Waals surface area contributed by atoms with Crippen molar-refractivity contribution >= 4 is 43.6 Å². The molecule has 2 aromatic heterocycles. The number of nitrogens with zero attached hydrogens (tertiary/aromatic N) is 2. The Morgan fingerprint density at radius 2 is 0.567 bits per heavy atom. The summed E-state index contributed by atoms with van der Waals surface area (Å²) in [5.41, 5.74) is 11.0. The highest BCUT2D eigenvalue weighted by atomic mass is 15.0. The zero-order chi connectivity index (χ0) is 45.9. The van der Waals surface area contributed by atoms with Gasteiger partial charge in [-0.15, -0.1) is 0 Å². The average molecular weight is 811 g/mol. The van der Waals surface area contributed by atoms with E-state index in [9.17, 15) is 0 Å². The summed E-state index contributed by atoms with van der Waals surface area (Å²) in [6, 6.07) is 51.5. The van der Waals surface area contributed by atoms with Crippen molar-refractivity contribution < 1.29 is 0 Å². The van der Waals surface area contributed by atoms with Gasteiger partial charge in [-0.1, -0.05) is 245 Å². The second-order valence-electron chi connectivity index (χ2n) is 12.3. The van der Waals surface area contributed by atoms with Gasteiger partial charge >= 0.3 is 0 Å². The number of benzene rings is 6. The first-order valence-electron chi connectivity index (χ1n) is 23.6. The van der Waals surface area contributed by atoms with E-state index >= 15 is 0 Å². The molecule has 2 heterocycles. The van der Waals surface area contributed by atoms with E-state index < -0.39 is 0 Å². The summed E-state index contributed by atoms with van der Waals surface area (Å²) in [6.07, 6.45) is 3.60. The second kappa shape index (κ2) is 35.8. The highest BCUT2D eigenvalue weighted by molar-refractivity contribution is 6.08. The van der Waals surface area contributed by atoms with Gasteiger partial charge in [-0.3, -0.25) is 0 Å². The third kappa shape index (κ3) is 15.8. The number of para-hydroxylation sites is 4. The fraction of sp³-hybridized carbons (Fsp3) is 0.379. The van der Waals surface area contributed by atoms with Gasteiger partial charge in [0.05, 0.1) is 0 Å². The maximum absolute atomic E-state index is 2.37. The molecule has 0 unspecified atom stereocenters. The smallest absolute Gasteiger partial charge is 0.0491 e. The lowest BCUT2D eigenvalue weighted by Gasteiger charge is -2.01. The second-order valence-corrected chi connectivity index (χ2v) is 12.3. The summed E-state index contributed by atoms with van der Waals surface area (Å²) in [7, 11) is 2.12. The Morgan fingerprint density at radius 3 is 0.867 bits per heavy atom. The van der Waals surface area contributed by atoms with Crippen LogP contribution in [0.25, 0.3) is 54.7 Å². The summed E-state index contributed by atoms with van der Waals surface area (Å²) in [6.45, 7) is 35.7. The molecule has 9 rings (SSSR count). The molecule has 0 amide bonds. The first kappa shape index (κ1) is 57.0. The van der Waals surface area contributed by atoms with Gasteiger partial charge in [0.1, 0.15) is 0 Å². The minimum absolute atomic E-state index is 1.02. The summed E-state index contributed by atoms with van der Waals surface area (Å²) in [5.74, 6) is 0. The van der Waals surface area contributed by atoms with E-state index in [4.69, 9.17) is 0 Å². The van der Waals surface area contributed by atoms with E-state index in [0.29, 0.717) is 0 Å². The molecule has 60 heavy (non-hydrogen) atoms. The predicted molar refractivity (Wildman–Crippen MR) is 280 cm³/mol. The molecule has 0 bridgehead atoms. The van der Waals surface area contributed by atoms with Crippen molar-refractivity contribution in [2.24, 2.45) is 7.05 Å². The molecule has 8 aromatic rings. The molecule has 2 heteroatoms. The Morgan fingerprint density at radius 1 is 0.333 bits per heavy atom. The molecule has 0 saturated carbocycles. The molecule has 2 nitrogen and oxygen atoms in total. The van der Waals surface area contributed by atoms with Crippen molar-refractivity contribution in [3.63, 3.8) is 0 Å². The van der Waals surface area contributed by atoms with Crippen molar-refractivity contribution in [1.82, 2.24) is 9.13 Å². The number of rotatable bonds is 1. The van der Waals surface area contributed by atoms with Crippen LogP contribution < -0.4 is 0 Å². The molecule has 6 aromatic carbocycles. The van der Waals surface area contributed by atoms with E-state index in [1.54, 1.807) is 0 Å². The first-order chi connectivity index (χ1) is 29.6. The van der Waals surface area contributed by atoms with E-state index in [-0.39, 0.29) is 0 Å². The van der Waals surface area contributed by atoms with Gasteiger partial charge in [0.15, 0.2) is 0 Å². The number of fused-ring (bicyclic) bond motifs is 9. The fourth-order valence-electron chi connectivity index (χ4n) is 6.54. The standard InChI is InChI=1S/C14H13N.C13H11N.C13H10.2C3H8.6C2H6/c1-2-15-13-9-5-3-7-11(13)12-8-4-6-10-14(12)15;1-14-12-8-4-2-6-10(12)11-7-3-5-9-13(11)14;1-3-7-12-10(5-1)9-11-6-2-4-8-13(11)12;2*1-3-2;6*1-2/h3-10H,2H2,1H3;2-9H,1H3;1-8H,9H2;2*3H2,1-2H3;6*1-2H3. The molecular formula is C58H86N2. The maximum atomic E-state index is 2.37. The summed E-state index contributed by atoms with van der Waals surface area (Å²) < 4.78 is 4.61. The van der Waals surface area contributed by atoms with Crippen LogP contribution in [0.3, 0.4) is 0 Å². The topological polar surface area (TPSA) is 9.86 Å². The van der Waals surface area contributed by atoms with E-state index in [1.165, 1.54) is 78.7 Å². The van der Waals surface area contributed by atoms with Gasteiger partial charge in [-0.25, -0.2) is 0 Å². The van der Waals surface area contributed by atoms with Crippen molar-refractivity contribution in [2.75, 3.05) is 0 Å². The Hall–Kier alpha value is -5.08. The lowest BCUT2D eigenvalue weighted by molar-refractivity contribution is 0.827. The fourth-order valence-corrected chi connectivity index (χ4v) is 6.54. The minimum Gasteiger partial charge on any atom is -0.344 e. The zero-order valence-corrected chi connectivity index (χ0v) is 41.6. The van der Waals surface area contributed by atoms with Crippen LogP contribution >= 0.6 is 0 Å². The lowest BCUT2D eigenvalue weighted by Crippen LogP contribution is -1.91. The molecule has 328 valence electrons. The van der Waals surface area contributed by atoms with E-state index in [1.807, 2.05) is 83.1 Å². The molecule has 0 N–H and O–H groups in total. The highest BCUT2D eigenvalue weighted by Gasteiger charge is 2.16. The van der Waals surface area contributed by atoms with E-state index in [0.717, 1.165) is 13.0 Å². The van der Waals surface area contributed by atoms with Gasteiger partial charge in [-0.2, -0.15) is 0 Å². The van der Waals surface area contributed by atoms with E-state index in [2.05, 4.69) is 196 Å². The van der Waals surface area contributed by atoms with Crippen LogP contribution in [0.15, 0.2) is 146 Å². The average Bonchev–Trinajstić information content (AvgIpc) is 3.99. The molecule has 0 atom stereocenters. The van der Waals surface area contributed by atoms with Crippen molar-refractivity contribution in [1.29, 1.82) is 0 Å². The minimum atomic E-state index is 1.02. The third-order valence-electron chi connectivity index (χ3n) is 8.52. The number of hydrogen-bond donors (Lipinski definition) is 0. The van der Waals surface area contributed by atoms with Crippen LogP contribution in [0.2, 0.25) is 0 Å². The van der Waals surface area contributed by atoms with Gasteiger partial charge in [0, 0.05) is 57.2 Å². The van der Waals surface area contributed by atoms with Crippen molar-refractivity contribution in [3.05, 3.63) is 157 Å². The number of aryl methyl sites for hydroxylation is 2. The third-order valence-corrected chi connectivity index (χ3v) is 8.52. The van der Waals surface area contributed by atoms with Gasteiger partial charge < -0.3 is 9.13 Å². The molecule has 0 saturated heterocycles. The molecule has 0 radical (unpaired) electrons. The molecule has 1 aliphatic carbocycles. The van der Waals surface area contributed by atoms with Gasteiger partial charge in [0.25, 0.3) is 0 Å². The summed E-state index contributed by atoms with van der Waals surface area (Å²) in [5, 5.41) is 5.39. The zero-order valence-electron chi connectivity index (χ0n) is 41.6. The Labute approximate surface area is 369 Å².